The Morgan fingerprint density at radius 2 is 2.00 bits per heavy atom. The lowest BCUT2D eigenvalue weighted by Crippen LogP contribution is -2.25. The van der Waals surface area contributed by atoms with E-state index in [0.29, 0.717) is 5.71 Å². The van der Waals surface area contributed by atoms with Crippen LogP contribution < -0.4 is 11.2 Å². The summed E-state index contributed by atoms with van der Waals surface area (Å²) in [5.74, 6) is -0.315. The molecule has 4 nitrogen and oxygen atoms in total. The van der Waals surface area contributed by atoms with Crippen molar-refractivity contribution in [2.24, 2.45) is 10.8 Å². The number of nitrogens with zero attached hydrogens (tertiary/aromatic N) is 1. The fourth-order valence-electron chi connectivity index (χ4n) is 0.895. The minimum Gasteiger partial charge on any atom is -0.350 e. The van der Waals surface area contributed by atoms with E-state index >= 15 is 0 Å². The molecule has 0 aliphatic carbocycles. The number of halogens is 1. The number of amides is 2. The van der Waals surface area contributed by atoms with Crippen molar-refractivity contribution in [3.8, 4) is 0 Å². The number of nitrogens with two attached hydrogens (primary N) is 1. The quantitative estimate of drug-likeness (QED) is 0.540. The zero-order chi connectivity index (χ0) is 10.6. The minimum absolute atomic E-state index is 0.315. The number of benzene rings is 1. The first-order valence-corrected chi connectivity index (χ1v) is 3.95. The van der Waals surface area contributed by atoms with Crippen LogP contribution in [0.5, 0.6) is 0 Å². The molecule has 0 aliphatic heterocycles. The molecule has 0 bridgehead atoms. The number of primary amides is 1. The van der Waals surface area contributed by atoms with Gasteiger partial charge in [0.1, 0.15) is 5.82 Å². The average molecular weight is 195 g/mol. The molecule has 1 aromatic rings. The van der Waals surface area contributed by atoms with Crippen LogP contribution in [0.3, 0.4) is 0 Å². The summed E-state index contributed by atoms with van der Waals surface area (Å²) >= 11 is 0. The molecule has 0 spiro atoms. The van der Waals surface area contributed by atoms with E-state index in [1.165, 1.54) is 12.1 Å². The molecule has 0 aliphatic rings. The standard InChI is InChI=1S/C9H10FN3O/c1-6(12-13-9(11)14)7-2-4-8(10)5-3-7/h2-5H,1H3,(H3,11,13,14). The number of hydrogen-bond donors (Lipinski definition) is 2. The average Bonchev–Trinajstić information content (AvgIpc) is 2.15. The largest absolute Gasteiger partial charge is 0.350 e. The Balaban J connectivity index is 2.78. The van der Waals surface area contributed by atoms with Gasteiger partial charge >= 0.3 is 6.03 Å². The maximum atomic E-state index is 12.5. The van der Waals surface area contributed by atoms with Crippen molar-refractivity contribution in [3.05, 3.63) is 35.6 Å². The van der Waals surface area contributed by atoms with E-state index in [0.717, 1.165) is 5.56 Å². The van der Waals surface area contributed by atoms with E-state index in [9.17, 15) is 9.18 Å². The molecule has 5 heteroatoms. The lowest BCUT2D eigenvalue weighted by Gasteiger charge is -2.00. The first-order valence-electron chi connectivity index (χ1n) is 3.95. The van der Waals surface area contributed by atoms with Gasteiger partial charge in [-0.2, -0.15) is 5.10 Å². The van der Waals surface area contributed by atoms with Crippen molar-refractivity contribution in [3.63, 3.8) is 0 Å². The van der Waals surface area contributed by atoms with E-state index in [1.807, 2.05) is 0 Å². The maximum absolute atomic E-state index is 12.5. The highest BCUT2D eigenvalue weighted by Gasteiger charge is 1.97. The highest BCUT2D eigenvalue weighted by Crippen LogP contribution is 2.03. The Morgan fingerprint density at radius 1 is 1.43 bits per heavy atom. The smallest absolute Gasteiger partial charge is 0.332 e. The summed E-state index contributed by atoms with van der Waals surface area (Å²) in [6, 6.07) is 5.04. The van der Waals surface area contributed by atoms with Crippen LogP contribution in [0.4, 0.5) is 9.18 Å². The van der Waals surface area contributed by atoms with Crippen LogP contribution in [0.25, 0.3) is 0 Å². The molecule has 74 valence electrons. The monoisotopic (exact) mass is 195 g/mol. The third-order valence-corrected chi connectivity index (χ3v) is 1.60. The molecule has 0 atom stereocenters. The zero-order valence-corrected chi connectivity index (χ0v) is 7.62. The van der Waals surface area contributed by atoms with Crippen LogP contribution in [0.15, 0.2) is 29.4 Å². The van der Waals surface area contributed by atoms with Gasteiger partial charge in [0.15, 0.2) is 0 Å². The molecule has 0 unspecified atom stereocenters. The van der Waals surface area contributed by atoms with E-state index in [-0.39, 0.29) is 5.82 Å². The first-order chi connectivity index (χ1) is 6.59. The van der Waals surface area contributed by atoms with Crippen molar-refractivity contribution in [2.45, 2.75) is 6.92 Å². The molecular weight excluding hydrogens is 185 g/mol. The van der Waals surface area contributed by atoms with E-state index in [2.05, 4.69) is 10.5 Å². The molecule has 1 aromatic carbocycles. The first kappa shape index (κ1) is 10.2. The van der Waals surface area contributed by atoms with Crippen LogP contribution in [0.1, 0.15) is 12.5 Å². The summed E-state index contributed by atoms with van der Waals surface area (Å²) in [6.07, 6.45) is 0. The number of hydrazone groups is 1. The summed E-state index contributed by atoms with van der Waals surface area (Å²) in [4.78, 5) is 10.3. The molecule has 2 amide bonds. The third kappa shape index (κ3) is 2.85. The Labute approximate surface area is 80.6 Å². The Morgan fingerprint density at radius 3 is 2.50 bits per heavy atom. The lowest BCUT2D eigenvalue weighted by atomic mass is 10.1. The summed E-state index contributed by atoms with van der Waals surface area (Å²) < 4.78 is 12.5. The van der Waals surface area contributed by atoms with Crippen molar-refractivity contribution in [1.82, 2.24) is 5.43 Å². The molecular formula is C9H10FN3O. The van der Waals surface area contributed by atoms with Gasteiger partial charge < -0.3 is 5.73 Å². The maximum Gasteiger partial charge on any atom is 0.332 e. The fourth-order valence-corrected chi connectivity index (χ4v) is 0.895. The minimum atomic E-state index is -0.730. The molecule has 3 N–H and O–H groups in total. The summed E-state index contributed by atoms with van der Waals surface area (Å²) in [6.45, 7) is 1.68. The number of urea groups is 1. The SMILES string of the molecule is CC(=NNC(N)=O)c1ccc(F)cc1. The molecule has 0 saturated carbocycles. The van der Waals surface area contributed by atoms with Gasteiger partial charge in [-0.3, -0.25) is 0 Å². The number of carbonyl (C=O) groups is 1. The normalized spacial score (nSPS) is 11.1. The Bertz CT molecular complexity index is 359. The number of carbonyl (C=O) groups excluding carboxylic acids is 1. The molecule has 0 fully saturated rings. The molecule has 14 heavy (non-hydrogen) atoms. The van der Waals surface area contributed by atoms with E-state index in [1.54, 1.807) is 19.1 Å². The van der Waals surface area contributed by atoms with Crippen LogP contribution in [-0.4, -0.2) is 11.7 Å². The van der Waals surface area contributed by atoms with E-state index < -0.39 is 6.03 Å². The van der Waals surface area contributed by atoms with Crippen LogP contribution in [-0.2, 0) is 0 Å². The van der Waals surface area contributed by atoms with Gasteiger partial charge in [-0.25, -0.2) is 14.6 Å². The molecule has 0 radical (unpaired) electrons. The van der Waals surface area contributed by atoms with Crippen LogP contribution in [0.2, 0.25) is 0 Å². The lowest BCUT2D eigenvalue weighted by molar-refractivity contribution is 0.249. The number of hydrogen-bond acceptors (Lipinski definition) is 2. The predicted octanol–water partition coefficient (Wildman–Crippen LogP) is 1.22. The van der Waals surface area contributed by atoms with Gasteiger partial charge in [-0.15, -0.1) is 0 Å². The highest BCUT2D eigenvalue weighted by atomic mass is 19.1. The Hall–Kier alpha value is -1.91. The second-order valence-electron chi connectivity index (χ2n) is 2.68. The second kappa shape index (κ2) is 4.36. The summed E-state index contributed by atoms with van der Waals surface area (Å²) in [7, 11) is 0. The van der Waals surface area contributed by atoms with Gasteiger partial charge in [-0.1, -0.05) is 12.1 Å². The summed E-state index contributed by atoms with van der Waals surface area (Å²) in [5, 5.41) is 3.69. The molecule has 0 heterocycles. The predicted molar refractivity (Wildman–Crippen MR) is 51.3 cm³/mol. The van der Waals surface area contributed by atoms with Crippen molar-refractivity contribution < 1.29 is 9.18 Å². The number of nitrogens with one attached hydrogen (secondary N) is 1. The van der Waals surface area contributed by atoms with Crippen molar-refractivity contribution >= 4 is 11.7 Å². The fraction of sp³-hybridized carbons (Fsp3) is 0.111. The van der Waals surface area contributed by atoms with Gasteiger partial charge in [-0.05, 0) is 24.6 Å². The van der Waals surface area contributed by atoms with Gasteiger partial charge in [0, 0.05) is 0 Å². The molecule has 1 rings (SSSR count). The van der Waals surface area contributed by atoms with Crippen LogP contribution in [0, 0.1) is 5.82 Å². The second-order valence-corrected chi connectivity index (χ2v) is 2.68. The topological polar surface area (TPSA) is 67.5 Å². The summed E-state index contributed by atoms with van der Waals surface area (Å²) in [5.41, 5.74) is 8.20. The van der Waals surface area contributed by atoms with E-state index in [4.69, 9.17) is 5.73 Å². The van der Waals surface area contributed by atoms with Crippen molar-refractivity contribution in [2.75, 3.05) is 0 Å². The van der Waals surface area contributed by atoms with Gasteiger partial charge in [0.05, 0.1) is 5.71 Å². The highest BCUT2D eigenvalue weighted by molar-refractivity contribution is 5.99. The van der Waals surface area contributed by atoms with Gasteiger partial charge in [0.25, 0.3) is 0 Å². The molecule has 0 aromatic heterocycles. The van der Waals surface area contributed by atoms with Gasteiger partial charge in [0.2, 0.25) is 0 Å². The number of rotatable bonds is 2. The van der Waals surface area contributed by atoms with Crippen LogP contribution >= 0.6 is 0 Å². The zero-order valence-electron chi connectivity index (χ0n) is 7.62. The van der Waals surface area contributed by atoms with Crippen molar-refractivity contribution in [1.29, 1.82) is 0 Å². The Kier molecular flexibility index (Phi) is 3.17. The molecule has 0 saturated heterocycles. The third-order valence-electron chi connectivity index (χ3n) is 1.60.